The molecule has 0 unspecified atom stereocenters. The van der Waals surface area contributed by atoms with Gasteiger partial charge < -0.3 is 0 Å². The fourth-order valence-electron chi connectivity index (χ4n) is 5.61. The normalized spacial score (nSPS) is 12.0. The molecule has 0 bridgehead atoms. The van der Waals surface area contributed by atoms with E-state index in [1.165, 1.54) is 38.6 Å². The second-order valence-electron chi connectivity index (χ2n) is 9.07. The smallest absolute Gasteiger partial charge is 0.235 e. The zero-order valence-corrected chi connectivity index (χ0v) is 18.8. The summed E-state index contributed by atoms with van der Waals surface area (Å²) in [7, 11) is 0. The fourth-order valence-corrected chi connectivity index (χ4v) is 5.61. The molecule has 0 radical (unpaired) electrons. The molecule has 8 rings (SSSR count). The van der Waals surface area contributed by atoms with E-state index in [0.29, 0.717) is 5.95 Å². The van der Waals surface area contributed by atoms with Crippen LogP contribution in [0, 0.1) is 0 Å². The van der Waals surface area contributed by atoms with Gasteiger partial charge in [-0.25, -0.2) is 9.97 Å². The van der Waals surface area contributed by atoms with E-state index in [9.17, 15) is 0 Å². The van der Waals surface area contributed by atoms with Crippen LogP contribution in [-0.4, -0.2) is 14.5 Å². The van der Waals surface area contributed by atoms with Gasteiger partial charge in [0.05, 0.1) is 22.2 Å². The van der Waals surface area contributed by atoms with Crippen LogP contribution in [0.25, 0.3) is 72.2 Å². The molecule has 2 heterocycles. The first kappa shape index (κ1) is 18.6. The Labute approximate surface area is 202 Å². The summed E-state index contributed by atoms with van der Waals surface area (Å²) >= 11 is 0. The molecule has 1 aliphatic rings. The van der Waals surface area contributed by atoms with E-state index < -0.39 is 0 Å². The monoisotopic (exact) mass is 445 g/mol. The molecule has 35 heavy (non-hydrogen) atoms. The molecule has 1 aliphatic carbocycles. The van der Waals surface area contributed by atoms with Crippen molar-refractivity contribution in [3.63, 3.8) is 0 Å². The summed E-state index contributed by atoms with van der Waals surface area (Å²) in [4.78, 5) is 10.3. The molecular formula is C32H19N3. The Kier molecular flexibility index (Phi) is 3.66. The molecule has 2 aromatic heterocycles. The lowest BCUT2D eigenvalue weighted by Crippen LogP contribution is -2.02. The lowest BCUT2D eigenvalue weighted by Gasteiger charge is -2.09. The molecule has 0 fully saturated rings. The lowest BCUT2D eigenvalue weighted by molar-refractivity contribution is 1.02. The van der Waals surface area contributed by atoms with Crippen LogP contribution in [0.15, 0.2) is 115 Å². The maximum Gasteiger partial charge on any atom is 0.235 e. The molecule has 162 valence electrons. The van der Waals surface area contributed by atoms with E-state index in [-0.39, 0.29) is 0 Å². The highest BCUT2D eigenvalue weighted by Gasteiger charge is 2.25. The third kappa shape index (κ3) is 2.55. The zero-order valence-electron chi connectivity index (χ0n) is 18.8. The molecular weight excluding hydrogens is 426 g/mol. The first-order chi connectivity index (χ1) is 17.4. The molecule has 7 aromatic rings. The Bertz CT molecular complexity index is 1950. The number of fused-ring (bicyclic) bond motifs is 6. The Morgan fingerprint density at radius 2 is 1.23 bits per heavy atom. The van der Waals surface area contributed by atoms with Crippen LogP contribution in [0.3, 0.4) is 0 Å². The first-order valence-corrected chi connectivity index (χ1v) is 11.9. The minimum absolute atomic E-state index is 0.708. The number of para-hydroxylation sites is 1. The second-order valence-corrected chi connectivity index (χ2v) is 9.07. The van der Waals surface area contributed by atoms with Crippen molar-refractivity contribution in [1.29, 1.82) is 0 Å². The second kappa shape index (κ2) is 6.87. The van der Waals surface area contributed by atoms with Gasteiger partial charge in [-0.05, 0) is 46.5 Å². The van der Waals surface area contributed by atoms with Gasteiger partial charge in [-0.2, -0.15) is 0 Å². The van der Waals surface area contributed by atoms with Crippen molar-refractivity contribution in [2.24, 2.45) is 0 Å². The van der Waals surface area contributed by atoms with Gasteiger partial charge in [-0.15, -0.1) is 0 Å². The predicted molar refractivity (Wildman–Crippen MR) is 144 cm³/mol. The average molecular weight is 446 g/mol. The van der Waals surface area contributed by atoms with E-state index in [1.54, 1.807) is 0 Å². The van der Waals surface area contributed by atoms with E-state index in [4.69, 9.17) is 9.97 Å². The number of benzene rings is 5. The van der Waals surface area contributed by atoms with Crippen molar-refractivity contribution in [2.75, 3.05) is 0 Å². The molecule has 0 amide bonds. The van der Waals surface area contributed by atoms with Gasteiger partial charge in [-0.3, -0.25) is 4.57 Å². The van der Waals surface area contributed by atoms with Gasteiger partial charge in [0.15, 0.2) is 0 Å². The summed E-state index contributed by atoms with van der Waals surface area (Å²) in [6, 6.07) is 40.7. The summed E-state index contributed by atoms with van der Waals surface area (Å²) in [5.41, 5.74) is 10.3. The van der Waals surface area contributed by atoms with Crippen molar-refractivity contribution in [1.82, 2.24) is 14.5 Å². The van der Waals surface area contributed by atoms with Crippen LogP contribution in [-0.2, 0) is 0 Å². The Morgan fingerprint density at radius 3 is 2.14 bits per heavy atom. The Hall–Kier alpha value is -4.76. The minimum atomic E-state index is 0.708. The number of hydrogen-bond acceptors (Lipinski definition) is 2. The highest BCUT2D eigenvalue weighted by Crippen LogP contribution is 2.46. The summed E-state index contributed by atoms with van der Waals surface area (Å²) < 4.78 is 2.21. The molecule has 0 aliphatic heterocycles. The highest BCUT2D eigenvalue weighted by atomic mass is 15.2. The summed E-state index contributed by atoms with van der Waals surface area (Å²) in [5.74, 6) is 0.708. The largest absolute Gasteiger partial charge is 0.278 e. The van der Waals surface area contributed by atoms with E-state index >= 15 is 0 Å². The molecule has 0 saturated heterocycles. The number of nitrogens with zero attached hydrogens (tertiary/aromatic N) is 3. The molecule has 3 nitrogen and oxygen atoms in total. The number of hydrogen-bond donors (Lipinski definition) is 0. The van der Waals surface area contributed by atoms with E-state index in [1.807, 2.05) is 0 Å². The fraction of sp³-hybridized carbons (Fsp3) is 0. The summed E-state index contributed by atoms with van der Waals surface area (Å²) in [6.45, 7) is 0. The van der Waals surface area contributed by atoms with Crippen LogP contribution < -0.4 is 0 Å². The van der Waals surface area contributed by atoms with Crippen molar-refractivity contribution >= 4 is 32.7 Å². The van der Waals surface area contributed by atoms with Crippen LogP contribution in [0.1, 0.15) is 0 Å². The van der Waals surface area contributed by atoms with Crippen LogP contribution in [0.4, 0.5) is 0 Å². The molecule has 3 heteroatoms. The lowest BCUT2D eigenvalue weighted by atomic mass is 10.0. The standard InChI is InChI=1S/C32H19N3/c1-2-9-20(10-3-1)21-17-18-29-26(19-21)23-12-6-7-16-28(23)35(29)32-33-27-15-8-14-24-22-11-4-5-13-25(22)31(34-32)30(24)27/h1-19H. The number of rotatable bonds is 2. The Balaban J connectivity index is 1.45. The van der Waals surface area contributed by atoms with Gasteiger partial charge in [-0.1, -0.05) is 91.0 Å². The van der Waals surface area contributed by atoms with Gasteiger partial charge in [0, 0.05) is 21.7 Å². The van der Waals surface area contributed by atoms with E-state index in [2.05, 4.69) is 120 Å². The summed E-state index contributed by atoms with van der Waals surface area (Å²) in [6.07, 6.45) is 0. The van der Waals surface area contributed by atoms with Gasteiger partial charge in [0.2, 0.25) is 5.95 Å². The maximum atomic E-state index is 5.19. The minimum Gasteiger partial charge on any atom is -0.278 e. The SMILES string of the molecule is c1ccc(-c2ccc3c(c2)c2ccccc2n3-c2nc3c4c(cccc4n2)-c2ccccc2-3)cc1. The van der Waals surface area contributed by atoms with Crippen molar-refractivity contribution < 1.29 is 0 Å². The van der Waals surface area contributed by atoms with E-state index in [0.717, 1.165) is 27.6 Å². The van der Waals surface area contributed by atoms with Gasteiger partial charge in [0.25, 0.3) is 0 Å². The maximum absolute atomic E-state index is 5.19. The highest BCUT2D eigenvalue weighted by molar-refractivity contribution is 6.14. The van der Waals surface area contributed by atoms with Crippen molar-refractivity contribution in [2.45, 2.75) is 0 Å². The molecule has 0 atom stereocenters. The van der Waals surface area contributed by atoms with Crippen LogP contribution in [0.5, 0.6) is 0 Å². The summed E-state index contributed by atoms with van der Waals surface area (Å²) in [5, 5.41) is 3.55. The molecule has 0 N–H and O–H groups in total. The van der Waals surface area contributed by atoms with Crippen LogP contribution in [0.2, 0.25) is 0 Å². The topological polar surface area (TPSA) is 30.7 Å². The average Bonchev–Trinajstić information content (AvgIpc) is 3.43. The quantitative estimate of drug-likeness (QED) is 0.269. The Morgan fingerprint density at radius 1 is 0.486 bits per heavy atom. The number of aromatic nitrogens is 3. The van der Waals surface area contributed by atoms with Crippen molar-refractivity contribution in [3.8, 4) is 39.5 Å². The zero-order chi connectivity index (χ0) is 22.9. The molecule has 0 saturated carbocycles. The third-order valence-electron chi connectivity index (χ3n) is 7.16. The van der Waals surface area contributed by atoms with Crippen molar-refractivity contribution in [3.05, 3.63) is 115 Å². The van der Waals surface area contributed by atoms with Crippen LogP contribution >= 0.6 is 0 Å². The third-order valence-corrected chi connectivity index (χ3v) is 7.16. The van der Waals surface area contributed by atoms with Gasteiger partial charge >= 0.3 is 0 Å². The first-order valence-electron chi connectivity index (χ1n) is 11.9. The molecule has 0 spiro atoms. The molecule has 5 aromatic carbocycles. The van der Waals surface area contributed by atoms with Gasteiger partial charge in [0.1, 0.15) is 0 Å². The predicted octanol–water partition coefficient (Wildman–Crippen LogP) is 8.04.